The van der Waals surface area contributed by atoms with Gasteiger partial charge in [-0.25, -0.2) is 4.79 Å². The highest BCUT2D eigenvalue weighted by molar-refractivity contribution is 7.16. The van der Waals surface area contributed by atoms with Crippen molar-refractivity contribution in [3.8, 4) is 0 Å². The lowest BCUT2D eigenvalue weighted by atomic mass is 10.4. The molecule has 1 N–H and O–H groups in total. The van der Waals surface area contributed by atoms with Gasteiger partial charge >= 0.3 is 6.03 Å². The van der Waals surface area contributed by atoms with Gasteiger partial charge in [0.15, 0.2) is 0 Å². The molecule has 0 aliphatic carbocycles. The number of carbonyl (C=O) groups is 1. The van der Waals surface area contributed by atoms with E-state index in [9.17, 15) is 4.79 Å². The van der Waals surface area contributed by atoms with E-state index < -0.39 is 0 Å². The number of hydrogen-bond acceptors (Lipinski definition) is 2. The minimum atomic E-state index is -0.0583. The van der Waals surface area contributed by atoms with Crippen LogP contribution in [0, 0.1) is 0 Å². The Morgan fingerprint density at radius 1 is 1.64 bits per heavy atom. The fraction of sp³-hybridized carbons (Fsp3) is 0.444. The summed E-state index contributed by atoms with van der Waals surface area (Å²) in [5.74, 6) is 0. The van der Waals surface area contributed by atoms with E-state index in [2.05, 4.69) is 5.32 Å². The fourth-order valence-corrected chi connectivity index (χ4v) is 2.17. The number of halogens is 1. The number of rotatable bonds is 3. The van der Waals surface area contributed by atoms with Crippen LogP contribution in [0.5, 0.6) is 0 Å². The quantitative estimate of drug-likeness (QED) is 0.854. The third-order valence-electron chi connectivity index (χ3n) is 1.70. The lowest BCUT2D eigenvalue weighted by Crippen LogP contribution is -2.36. The van der Waals surface area contributed by atoms with Gasteiger partial charge in [0.25, 0.3) is 0 Å². The molecule has 1 rings (SSSR count). The van der Waals surface area contributed by atoms with Crippen LogP contribution >= 0.6 is 22.9 Å². The first-order valence-electron chi connectivity index (χ1n) is 4.36. The molecule has 0 unspecified atom stereocenters. The van der Waals surface area contributed by atoms with E-state index in [1.165, 1.54) is 11.3 Å². The molecule has 1 aromatic heterocycles. The van der Waals surface area contributed by atoms with Crippen molar-refractivity contribution >= 4 is 29.0 Å². The molecule has 14 heavy (non-hydrogen) atoms. The lowest BCUT2D eigenvalue weighted by molar-refractivity contribution is 0.208. The van der Waals surface area contributed by atoms with Gasteiger partial charge in [0.1, 0.15) is 0 Å². The van der Waals surface area contributed by atoms with Crippen LogP contribution in [0.3, 0.4) is 0 Å². The molecule has 1 heterocycles. The molecule has 0 aliphatic heterocycles. The van der Waals surface area contributed by atoms with E-state index in [0.29, 0.717) is 13.1 Å². The molecule has 5 heteroatoms. The number of urea groups is 1. The molecule has 0 atom stereocenters. The minimum absolute atomic E-state index is 0.0583. The van der Waals surface area contributed by atoms with Gasteiger partial charge in [-0.15, -0.1) is 11.3 Å². The third-order valence-corrected chi connectivity index (χ3v) is 2.91. The Morgan fingerprint density at radius 3 is 2.86 bits per heavy atom. The second kappa shape index (κ2) is 5.22. The second-order valence-electron chi connectivity index (χ2n) is 2.90. The lowest BCUT2D eigenvalue weighted by Gasteiger charge is -2.16. The van der Waals surface area contributed by atoms with E-state index in [-0.39, 0.29) is 6.03 Å². The largest absolute Gasteiger partial charge is 0.338 e. The average molecular weight is 233 g/mol. The van der Waals surface area contributed by atoms with Crippen LogP contribution in [-0.4, -0.2) is 24.5 Å². The molecule has 78 valence electrons. The molecule has 0 saturated heterocycles. The molecule has 3 nitrogen and oxygen atoms in total. The molecule has 0 aromatic carbocycles. The number of nitrogens with one attached hydrogen (secondary N) is 1. The zero-order valence-electron chi connectivity index (χ0n) is 8.21. The topological polar surface area (TPSA) is 32.3 Å². The standard InChI is InChI=1S/C9H13ClN2OS/c1-3-11-9(13)12(2)6-7-4-5-8(10)14-7/h4-5H,3,6H2,1-2H3,(H,11,13). The maximum absolute atomic E-state index is 11.3. The zero-order chi connectivity index (χ0) is 10.6. The maximum atomic E-state index is 11.3. The molecular formula is C9H13ClN2OS. The Kier molecular flexibility index (Phi) is 4.22. The first kappa shape index (κ1) is 11.3. The molecule has 1 aromatic rings. The molecule has 0 radical (unpaired) electrons. The zero-order valence-corrected chi connectivity index (χ0v) is 9.78. The van der Waals surface area contributed by atoms with Crippen LogP contribution in [0.1, 0.15) is 11.8 Å². The Balaban J connectivity index is 2.48. The number of amides is 2. The van der Waals surface area contributed by atoms with Crippen molar-refractivity contribution in [1.82, 2.24) is 10.2 Å². The highest BCUT2D eigenvalue weighted by atomic mass is 35.5. The normalized spacial score (nSPS) is 9.93. The third kappa shape index (κ3) is 3.20. The van der Waals surface area contributed by atoms with Gasteiger partial charge in [-0.1, -0.05) is 11.6 Å². The van der Waals surface area contributed by atoms with Crippen molar-refractivity contribution < 1.29 is 4.79 Å². The SMILES string of the molecule is CCNC(=O)N(C)Cc1ccc(Cl)s1. The van der Waals surface area contributed by atoms with Crippen LogP contribution in [0.2, 0.25) is 4.34 Å². The van der Waals surface area contributed by atoms with E-state index in [1.54, 1.807) is 11.9 Å². The number of thiophene rings is 1. The first-order chi connectivity index (χ1) is 6.63. The summed E-state index contributed by atoms with van der Waals surface area (Å²) in [4.78, 5) is 14.1. The Hall–Kier alpha value is -0.740. The summed E-state index contributed by atoms with van der Waals surface area (Å²) in [6, 6.07) is 3.72. The van der Waals surface area contributed by atoms with Crippen molar-refractivity contribution in [2.45, 2.75) is 13.5 Å². The number of nitrogens with zero attached hydrogens (tertiary/aromatic N) is 1. The van der Waals surface area contributed by atoms with Gasteiger partial charge < -0.3 is 10.2 Å². The predicted molar refractivity (Wildman–Crippen MR) is 59.9 cm³/mol. The first-order valence-corrected chi connectivity index (χ1v) is 5.56. The summed E-state index contributed by atoms with van der Waals surface area (Å²) in [5.41, 5.74) is 0. The second-order valence-corrected chi connectivity index (χ2v) is 4.70. The van der Waals surface area contributed by atoms with Gasteiger partial charge in [-0.2, -0.15) is 0 Å². The predicted octanol–water partition coefficient (Wildman–Crippen LogP) is 2.56. The highest BCUT2D eigenvalue weighted by Crippen LogP contribution is 2.22. The van der Waals surface area contributed by atoms with Gasteiger partial charge in [-0.3, -0.25) is 0 Å². The van der Waals surface area contributed by atoms with E-state index in [0.717, 1.165) is 9.21 Å². The summed E-state index contributed by atoms with van der Waals surface area (Å²) in [6.07, 6.45) is 0. The number of hydrogen-bond donors (Lipinski definition) is 1. The van der Waals surface area contributed by atoms with Gasteiger partial charge in [0.2, 0.25) is 0 Å². The van der Waals surface area contributed by atoms with Crippen molar-refractivity contribution in [3.05, 3.63) is 21.3 Å². The molecule has 0 bridgehead atoms. The van der Waals surface area contributed by atoms with Crippen molar-refractivity contribution in [2.75, 3.05) is 13.6 Å². The Bertz CT molecular complexity index is 314. The van der Waals surface area contributed by atoms with Crippen molar-refractivity contribution in [1.29, 1.82) is 0 Å². The molecule has 0 saturated carbocycles. The summed E-state index contributed by atoms with van der Waals surface area (Å²) in [7, 11) is 1.76. The smallest absolute Gasteiger partial charge is 0.317 e. The molecule has 0 spiro atoms. The molecular weight excluding hydrogens is 220 g/mol. The minimum Gasteiger partial charge on any atom is -0.338 e. The maximum Gasteiger partial charge on any atom is 0.317 e. The summed E-state index contributed by atoms with van der Waals surface area (Å²) >= 11 is 7.28. The average Bonchev–Trinajstić information content (AvgIpc) is 2.51. The fourth-order valence-electron chi connectivity index (χ4n) is 1.03. The Morgan fingerprint density at radius 2 is 2.36 bits per heavy atom. The van der Waals surface area contributed by atoms with Crippen LogP contribution < -0.4 is 5.32 Å². The molecule has 2 amide bonds. The van der Waals surface area contributed by atoms with Crippen molar-refractivity contribution in [3.63, 3.8) is 0 Å². The van der Waals surface area contributed by atoms with E-state index in [4.69, 9.17) is 11.6 Å². The van der Waals surface area contributed by atoms with Crippen LogP contribution in [0.15, 0.2) is 12.1 Å². The van der Waals surface area contributed by atoms with Crippen LogP contribution in [0.4, 0.5) is 4.79 Å². The van der Waals surface area contributed by atoms with Gasteiger partial charge in [-0.05, 0) is 19.1 Å². The summed E-state index contributed by atoms with van der Waals surface area (Å²) in [6.45, 7) is 3.14. The molecule has 0 fully saturated rings. The van der Waals surface area contributed by atoms with E-state index in [1.807, 2.05) is 19.1 Å². The van der Waals surface area contributed by atoms with Gasteiger partial charge in [0.05, 0.1) is 10.9 Å². The summed E-state index contributed by atoms with van der Waals surface area (Å²) in [5, 5.41) is 2.73. The molecule has 0 aliphatic rings. The van der Waals surface area contributed by atoms with Gasteiger partial charge in [0, 0.05) is 18.5 Å². The van der Waals surface area contributed by atoms with Crippen LogP contribution in [-0.2, 0) is 6.54 Å². The Labute approximate surface area is 92.7 Å². The number of carbonyl (C=O) groups excluding carboxylic acids is 1. The monoisotopic (exact) mass is 232 g/mol. The van der Waals surface area contributed by atoms with Crippen molar-refractivity contribution in [2.24, 2.45) is 0 Å². The van der Waals surface area contributed by atoms with E-state index >= 15 is 0 Å². The summed E-state index contributed by atoms with van der Waals surface area (Å²) < 4.78 is 0.754. The highest BCUT2D eigenvalue weighted by Gasteiger charge is 2.08. The van der Waals surface area contributed by atoms with Crippen LogP contribution in [0.25, 0.3) is 0 Å².